The number of ketones is 1. The molecule has 0 saturated carbocycles. The van der Waals surface area contributed by atoms with Crippen molar-refractivity contribution in [1.29, 1.82) is 0 Å². The number of Topliss-reactive ketones (excluding diaryl/α,β-unsaturated/α-hetero) is 1. The normalized spacial score (nSPS) is 20.1. The summed E-state index contributed by atoms with van der Waals surface area (Å²) in [5, 5.41) is 22.5. The SMILES string of the molecule is COc1ccc(/C(O)=C2\C(=O)C(=O)N(CCCN3CCOCC3)C2c2cccc([N+](=O)[O-])c2)cc1F. The lowest BCUT2D eigenvalue weighted by molar-refractivity contribution is -0.384. The molecule has 2 heterocycles. The largest absolute Gasteiger partial charge is 0.507 e. The van der Waals surface area contributed by atoms with Crippen LogP contribution in [-0.2, 0) is 14.3 Å². The molecule has 36 heavy (non-hydrogen) atoms. The van der Waals surface area contributed by atoms with Crippen molar-refractivity contribution in [2.24, 2.45) is 0 Å². The fraction of sp³-hybridized carbons (Fsp3) is 0.360. The Morgan fingerprint density at radius 1 is 1.19 bits per heavy atom. The van der Waals surface area contributed by atoms with Gasteiger partial charge in [0.1, 0.15) is 5.76 Å². The number of amides is 1. The number of ether oxygens (including phenoxy) is 2. The first-order chi connectivity index (χ1) is 17.3. The van der Waals surface area contributed by atoms with Crippen LogP contribution in [0.3, 0.4) is 0 Å². The van der Waals surface area contributed by atoms with Crippen LogP contribution >= 0.6 is 0 Å². The van der Waals surface area contributed by atoms with Crippen LogP contribution in [0.15, 0.2) is 48.0 Å². The predicted molar refractivity (Wildman–Crippen MR) is 127 cm³/mol. The van der Waals surface area contributed by atoms with E-state index in [1.165, 1.54) is 42.3 Å². The van der Waals surface area contributed by atoms with Gasteiger partial charge in [0.25, 0.3) is 17.4 Å². The fourth-order valence-corrected chi connectivity index (χ4v) is 4.52. The number of hydrogen-bond donors (Lipinski definition) is 1. The number of likely N-dealkylation sites (tertiary alicyclic amines) is 1. The summed E-state index contributed by atoms with van der Waals surface area (Å²) in [5.74, 6) is -3.14. The highest BCUT2D eigenvalue weighted by Gasteiger charge is 2.46. The standard InChI is InChI=1S/C25H26FN3O7/c1-35-20-7-6-17(15-19(20)26)23(30)21-22(16-4-2-5-18(14-16)29(33)34)28(25(32)24(21)31)9-3-8-27-10-12-36-13-11-27/h2,4-7,14-15,22,30H,3,8-13H2,1H3/b23-21+. The maximum Gasteiger partial charge on any atom is 0.295 e. The molecule has 0 aromatic heterocycles. The maximum atomic E-state index is 14.3. The van der Waals surface area contributed by atoms with E-state index in [9.17, 15) is 29.2 Å². The lowest BCUT2D eigenvalue weighted by Crippen LogP contribution is -2.39. The van der Waals surface area contributed by atoms with Crippen molar-refractivity contribution < 1.29 is 33.5 Å². The van der Waals surface area contributed by atoms with Gasteiger partial charge in [-0.25, -0.2) is 4.39 Å². The maximum absolute atomic E-state index is 14.3. The Morgan fingerprint density at radius 3 is 2.61 bits per heavy atom. The van der Waals surface area contributed by atoms with Gasteiger partial charge >= 0.3 is 0 Å². The van der Waals surface area contributed by atoms with Crippen molar-refractivity contribution in [3.05, 3.63) is 75.1 Å². The summed E-state index contributed by atoms with van der Waals surface area (Å²) in [7, 11) is 1.29. The zero-order valence-corrected chi connectivity index (χ0v) is 19.7. The number of nitro benzene ring substituents is 1. The second kappa shape index (κ2) is 10.8. The molecule has 2 aromatic carbocycles. The van der Waals surface area contributed by atoms with Gasteiger partial charge in [0.2, 0.25) is 0 Å². The van der Waals surface area contributed by atoms with E-state index in [-0.39, 0.29) is 29.1 Å². The zero-order valence-electron chi connectivity index (χ0n) is 19.7. The number of methoxy groups -OCH3 is 1. The molecule has 1 unspecified atom stereocenters. The van der Waals surface area contributed by atoms with Crippen LogP contribution in [0.2, 0.25) is 0 Å². The third-order valence-corrected chi connectivity index (χ3v) is 6.34. The summed E-state index contributed by atoms with van der Waals surface area (Å²) in [4.78, 5) is 40.5. The van der Waals surface area contributed by atoms with E-state index in [2.05, 4.69) is 4.90 Å². The first kappa shape index (κ1) is 25.3. The molecule has 2 saturated heterocycles. The van der Waals surface area contributed by atoms with Gasteiger partial charge in [0.05, 0.1) is 36.9 Å². The average Bonchev–Trinajstić information content (AvgIpc) is 3.14. The smallest absolute Gasteiger partial charge is 0.295 e. The summed E-state index contributed by atoms with van der Waals surface area (Å²) in [6.07, 6.45) is 0.537. The van der Waals surface area contributed by atoms with Crippen LogP contribution < -0.4 is 4.74 Å². The molecule has 10 nitrogen and oxygen atoms in total. The molecule has 1 N–H and O–H groups in total. The van der Waals surface area contributed by atoms with Gasteiger partial charge in [-0.15, -0.1) is 0 Å². The second-order valence-corrected chi connectivity index (χ2v) is 8.50. The van der Waals surface area contributed by atoms with Crippen molar-refractivity contribution in [1.82, 2.24) is 9.80 Å². The molecule has 0 spiro atoms. The van der Waals surface area contributed by atoms with E-state index in [1.807, 2.05) is 0 Å². The topological polar surface area (TPSA) is 122 Å². The predicted octanol–water partition coefficient (Wildman–Crippen LogP) is 2.89. The monoisotopic (exact) mass is 499 g/mol. The molecule has 2 aliphatic rings. The van der Waals surface area contributed by atoms with Crippen molar-refractivity contribution in [2.45, 2.75) is 12.5 Å². The third kappa shape index (κ3) is 5.07. The molecule has 0 aliphatic carbocycles. The number of carbonyl (C=O) groups is 2. The van der Waals surface area contributed by atoms with Crippen LogP contribution in [0.4, 0.5) is 10.1 Å². The van der Waals surface area contributed by atoms with Crippen LogP contribution in [-0.4, -0.2) is 78.0 Å². The minimum atomic E-state index is -1.07. The van der Waals surface area contributed by atoms with Crippen molar-refractivity contribution >= 4 is 23.1 Å². The Labute approximate surface area is 206 Å². The molecule has 0 radical (unpaired) electrons. The number of benzene rings is 2. The van der Waals surface area contributed by atoms with Gasteiger partial charge in [-0.2, -0.15) is 0 Å². The van der Waals surface area contributed by atoms with Crippen LogP contribution in [0.5, 0.6) is 5.75 Å². The number of carbonyl (C=O) groups excluding carboxylic acids is 2. The van der Waals surface area contributed by atoms with E-state index >= 15 is 0 Å². The molecule has 2 aliphatic heterocycles. The van der Waals surface area contributed by atoms with Gasteiger partial charge in [0, 0.05) is 43.9 Å². The quantitative estimate of drug-likeness (QED) is 0.193. The molecule has 2 aromatic rings. The minimum Gasteiger partial charge on any atom is -0.507 e. The van der Waals surface area contributed by atoms with Crippen LogP contribution in [0.1, 0.15) is 23.6 Å². The fourth-order valence-electron chi connectivity index (χ4n) is 4.52. The van der Waals surface area contributed by atoms with Crippen molar-refractivity contribution in [3.8, 4) is 5.75 Å². The summed E-state index contributed by atoms with van der Waals surface area (Å²) < 4.78 is 24.6. The number of rotatable bonds is 8. The molecule has 190 valence electrons. The van der Waals surface area contributed by atoms with E-state index in [0.29, 0.717) is 31.7 Å². The molecule has 1 atom stereocenters. The van der Waals surface area contributed by atoms with E-state index < -0.39 is 34.2 Å². The Balaban J connectivity index is 1.73. The Hall–Kier alpha value is -3.83. The lowest BCUT2D eigenvalue weighted by atomic mass is 9.95. The second-order valence-electron chi connectivity index (χ2n) is 8.50. The van der Waals surface area contributed by atoms with Gasteiger partial charge in [-0.1, -0.05) is 12.1 Å². The Kier molecular flexibility index (Phi) is 7.61. The van der Waals surface area contributed by atoms with Gasteiger partial charge in [-0.3, -0.25) is 24.6 Å². The summed E-state index contributed by atoms with van der Waals surface area (Å²) in [5.41, 5.74) is -0.196. The van der Waals surface area contributed by atoms with Crippen molar-refractivity contribution in [3.63, 3.8) is 0 Å². The van der Waals surface area contributed by atoms with Gasteiger partial charge < -0.3 is 19.5 Å². The number of halogens is 1. The highest BCUT2D eigenvalue weighted by atomic mass is 19.1. The first-order valence-electron chi connectivity index (χ1n) is 11.5. The van der Waals surface area contributed by atoms with E-state index in [0.717, 1.165) is 19.2 Å². The number of morpholine rings is 1. The van der Waals surface area contributed by atoms with Gasteiger partial charge in [0.15, 0.2) is 11.6 Å². The highest BCUT2D eigenvalue weighted by Crippen LogP contribution is 2.40. The molecule has 0 bridgehead atoms. The van der Waals surface area contributed by atoms with E-state index in [4.69, 9.17) is 9.47 Å². The minimum absolute atomic E-state index is 0.0185. The molecule has 2 fully saturated rings. The number of aliphatic hydroxyl groups is 1. The van der Waals surface area contributed by atoms with Crippen LogP contribution in [0, 0.1) is 15.9 Å². The van der Waals surface area contributed by atoms with Gasteiger partial charge in [-0.05, 0) is 30.2 Å². The number of non-ortho nitro benzene ring substituents is 1. The molecule has 11 heteroatoms. The number of hydrogen-bond acceptors (Lipinski definition) is 8. The molecule has 1 amide bonds. The lowest BCUT2D eigenvalue weighted by Gasteiger charge is -2.29. The third-order valence-electron chi connectivity index (χ3n) is 6.34. The molecular weight excluding hydrogens is 473 g/mol. The highest BCUT2D eigenvalue weighted by molar-refractivity contribution is 6.46. The first-order valence-corrected chi connectivity index (χ1v) is 11.5. The summed E-state index contributed by atoms with van der Waals surface area (Å²) in [6, 6.07) is 8.18. The summed E-state index contributed by atoms with van der Waals surface area (Å²) >= 11 is 0. The number of aliphatic hydroxyl groups excluding tert-OH is 1. The Morgan fingerprint density at radius 2 is 1.94 bits per heavy atom. The summed E-state index contributed by atoms with van der Waals surface area (Å²) in [6.45, 7) is 3.61. The molecular formula is C25H26FN3O7. The molecule has 4 rings (SSSR count). The average molecular weight is 499 g/mol. The van der Waals surface area contributed by atoms with E-state index in [1.54, 1.807) is 6.07 Å². The zero-order chi connectivity index (χ0) is 25.8. The number of nitrogens with zero attached hydrogens (tertiary/aromatic N) is 3. The number of nitro groups is 1. The van der Waals surface area contributed by atoms with Crippen LogP contribution in [0.25, 0.3) is 5.76 Å². The van der Waals surface area contributed by atoms with Crippen molar-refractivity contribution in [2.75, 3.05) is 46.5 Å². The Bertz CT molecular complexity index is 1210.